The first-order valence-corrected chi connectivity index (χ1v) is 7.25. The van der Waals surface area contributed by atoms with Crippen LogP contribution in [0.5, 0.6) is 0 Å². The van der Waals surface area contributed by atoms with E-state index in [1.807, 2.05) is 32.6 Å². The van der Waals surface area contributed by atoms with Crippen LogP contribution in [0.3, 0.4) is 0 Å². The standard InChI is InChI=1S/C14H24ClNO2/c1-9(2)16(10(3)4)14(18)12-8-6-5-7-11(12)13(15)17/h9-12H,5-8H2,1-4H3/t11-,12+/m1/s1. The topological polar surface area (TPSA) is 37.4 Å². The van der Waals surface area contributed by atoms with Crippen LogP contribution in [0.15, 0.2) is 0 Å². The van der Waals surface area contributed by atoms with Gasteiger partial charge in [-0.05, 0) is 52.1 Å². The summed E-state index contributed by atoms with van der Waals surface area (Å²) in [6.07, 6.45) is 3.55. The minimum Gasteiger partial charge on any atom is -0.338 e. The zero-order valence-electron chi connectivity index (χ0n) is 11.8. The fourth-order valence-corrected chi connectivity index (χ4v) is 3.26. The highest BCUT2D eigenvalue weighted by Gasteiger charge is 2.38. The number of halogens is 1. The van der Waals surface area contributed by atoms with E-state index in [0.29, 0.717) is 0 Å². The van der Waals surface area contributed by atoms with Crippen molar-refractivity contribution in [3.05, 3.63) is 0 Å². The van der Waals surface area contributed by atoms with Crippen LogP contribution in [-0.4, -0.2) is 28.1 Å². The predicted molar refractivity (Wildman–Crippen MR) is 73.4 cm³/mol. The van der Waals surface area contributed by atoms with Crippen molar-refractivity contribution in [2.45, 2.75) is 65.5 Å². The third-order valence-electron chi connectivity index (χ3n) is 3.74. The number of carbonyl (C=O) groups is 2. The second-order valence-corrected chi connectivity index (χ2v) is 6.11. The second kappa shape index (κ2) is 6.55. The van der Waals surface area contributed by atoms with Gasteiger partial charge in [0.2, 0.25) is 11.1 Å². The molecule has 0 unspecified atom stereocenters. The van der Waals surface area contributed by atoms with Crippen LogP contribution in [0.2, 0.25) is 0 Å². The number of nitrogens with zero attached hydrogens (tertiary/aromatic N) is 1. The summed E-state index contributed by atoms with van der Waals surface area (Å²) < 4.78 is 0. The Morgan fingerprint density at radius 2 is 1.44 bits per heavy atom. The molecular formula is C14H24ClNO2. The Morgan fingerprint density at radius 3 is 1.83 bits per heavy atom. The van der Waals surface area contributed by atoms with Gasteiger partial charge in [-0.1, -0.05) is 12.8 Å². The van der Waals surface area contributed by atoms with E-state index in [-0.39, 0.29) is 35.1 Å². The van der Waals surface area contributed by atoms with Crippen LogP contribution < -0.4 is 0 Å². The van der Waals surface area contributed by atoms with Crippen molar-refractivity contribution >= 4 is 22.8 Å². The molecule has 0 N–H and O–H groups in total. The molecular weight excluding hydrogens is 250 g/mol. The van der Waals surface area contributed by atoms with Crippen LogP contribution in [0.4, 0.5) is 0 Å². The molecule has 0 aromatic heterocycles. The van der Waals surface area contributed by atoms with Gasteiger partial charge in [0.1, 0.15) is 0 Å². The average molecular weight is 274 g/mol. The highest BCUT2D eigenvalue weighted by Crippen LogP contribution is 2.33. The molecule has 4 heteroatoms. The maximum atomic E-state index is 12.6. The molecule has 0 radical (unpaired) electrons. The van der Waals surface area contributed by atoms with E-state index in [2.05, 4.69) is 0 Å². The van der Waals surface area contributed by atoms with Gasteiger partial charge in [-0.15, -0.1) is 0 Å². The molecule has 18 heavy (non-hydrogen) atoms. The van der Waals surface area contributed by atoms with E-state index in [4.69, 9.17) is 11.6 Å². The summed E-state index contributed by atoms with van der Waals surface area (Å²) >= 11 is 5.65. The Morgan fingerprint density at radius 1 is 1.00 bits per heavy atom. The van der Waals surface area contributed by atoms with Gasteiger partial charge in [-0.2, -0.15) is 0 Å². The Labute approximate surface area is 115 Å². The van der Waals surface area contributed by atoms with E-state index in [9.17, 15) is 9.59 Å². The van der Waals surface area contributed by atoms with Crippen LogP contribution in [0.25, 0.3) is 0 Å². The first-order chi connectivity index (χ1) is 8.36. The van der Waals surface area contributed by atoms with E-state index in [1.54, 1.807) is 0 Å². The molecule has 1 fully saturated rings. The van der Waals surface area contributed by atoms with Gasteiger partial charge in [-0.25, -0.2) is 0 Å². The van der Waals surface area contributed by atoms with Gasteiger partial charge >= 0.3 is 0 Å². The van der Waals surface area contributed by atoms with Crippen LogP contribution in [0.1, 0.15) is 53.4 Å². The number of rotatable bonds is 4. The average Bonchev–Trinajstić information content (AvgIpc) is 2.27. The summed E-state index contributed by atoms with van der Waals surface area (Å²) in [4.78, 5) is 26.0. The maximum absolute atomic E-state index is 12.6. The van der Waals surface area contributed by atoms with Crippen molar-refractivity contribution in [3.63, 3.8) is 0 Å². The smallest absolute Gasteiger partial charge is 0.226 e. The molecule has 1 amide bonds. The molecule has 3 nitrogen and oxygen atoms in total. The second-order valence-electron chi connectivity index (χ2n) is 5.73. The molecule has 0 aliphatic heterocycles. The minimum absolute atomic E-state index is 0.0960. The van der Waals surface area contributed by atoms with E-state index >= 15 is 0 Å². The van der Waals surface area contributed by atoms with Gasteiger partial charge in [-0.3, -0.25) is 9.59 Å². The summed E-state index contributed by atoms with van der Waals surface area (Å²) in [7, 11) is 0. The first kappa shape index (κ1) is 15.5. The van der Waals surface area contributed by atoms with Crippen molar-refractivity contribution in [2.75, 3.05) is 0 Å². The quantitative estimate of drug-likeness (QED) is 0.738. The number of carbonyl (C=O) groups excluding carboxylic acids is 2. The van der Waals surface area contributed by atoms with Crippen molar-refractivity contribution in [1.82, 2.24) is 4.90 Å². The fraction of sp³-hybridized carbons (Fsp3) is 0.857. The normalized spacial score (nSPS) is 24.4. The highest BCUT2D eigenvalue weighted by atomic mass is 35.5. The Bertz CT molecular complexity index is 307. The molecule has 0 spiro atoms. The lowest BCUT2D eigenvalue weighted by atomic mass is 9.79. The van der Waals surface area contributed by atoms with Gasteiger partial charge in [0.05, 0.1) is 0 Å². The molecule has 1 aliphatic carbocycles. The molecule has 1 saturated carbocycles. The summed E-state index contributed by atoms with van der Waals surface area (Å²) in [5, 5.41) is -0.347. The molecule has 0 saturated heterocycles. The third kappa shape index (κ3) is 3.47. The Balaban J connectivity index is 2.88. The van der Waals surface area contributed by atoms with Crippen molar-refractivity contribution < 1.29 is 9.59 Å². The van der Waals surface area contributed by atoms with Gasteiger partial charge in [0.15, 0.2) is 0 Å². The lowest BCUT2D eigenvalue weighted by molar-refractivity contribution is -0.144. The number of hydrogen-bond acceptors (Lipinski definition) is 2. The molecule has 1 rings (SSSR count). The van der Waals surface area contributed by atoms with E-state index in [0.717, 1.165) is 25.7 Å². The fourth-order valence-electron chi connectivity index (χ4n) is 2.99. The lowest BCUT2D eigenvalue weighted by Crippen LogP contribution is -2.48. The number of hydrogen-bond donors (Lipinski definition) is 0. The Hall–Kier alpha value is -0.570. The summed E-state index contributed by atoms with van der Waals surface area (Å²) in [6, 6.07) is 0.316. The molecule has 104 valence electrons. The SMILES string of the molecule is CC(C)N(C(=O)[C@H]1CCCC[C@H]1C(=O)Cl)C(C)C. The van der Waals surface area contributed by atoms with E-state index in [1.165, 1.54) is 0 Å². The molecule has 0 aromatic carbocycles. The van der Waals surface area contributed by atoms with Crippen molar-refractivity contribution in [3.8, 4) is 0 Å². The number of amides is 1. The van der Waals surface area contributed by atoms with Crippen LogP contribution >= 0.6 is 11.6 Å². The van der Waals surface area contributed by atoms with Gasteiger partial charge in [0, 0.05) is 23.9 Å². The van der Waals surface area contributed by atoms with E-state index < -0.39 is 0 Å². The van der Waals surface area contributed by atoms with Crippen LogP contribution in [0, 0.1) is 11.8 Å². The predicted octanol–water partition coefficient (Wildman–Crippen LogP) is 3.20. The zero-order valence-corrected chi connectivity index (χ0v) is 12.5. The zero-order chi connectivity index (χ0) is 13.9. The van der Waals surface area contributed by atoms with Gasteiger partial charge < -0.3 is 4.90 Å². The summed E-state index contributed by atoms with van der Waals surface area (Å²) in [5.74, 6) is -0.403. The monoisotopic (exact) mass is 273 g/mol. The molecule has 0 aromatic rings. The minimum atomic E-state index is -0.347. The summed E-state index contributed by atoms with van der Waals surface area (Å²) in [5.41, 5.74) is 0. The maximum Gasteiger partial charge on any atom is 0.226 e. The van der Waals surface area contributed by atoms with Gasteiger partial charge in [0.25, 0.3) is 0 Å². The lowest BCUT2D eigenvalue weighted by Gasteiger charge is -2.37. The summed E-state index contributed by atoms with van der Waals surface area (Å²) in [6.45, 7) is 8.05. The molecule has 2 atom stereocenters. The van der Waals surface area contributed by atoms with Crippen molar-refractivity contribution in [2.24, 2.45) is 11.8 Å². The third-order valence-corrected chi connectivity index (χ3v) is 4.02. The van der Waals surface area contributed by atoms with Crippen LogP contribution in [-0.2, 0) is 9.59 Å². The largest absolute Gasteiger partial charge is 0.338 e. The highest BCUT2D eigenvalue weighted by molar-refractivity contribution is 6.64. The Kier molecular flexibility index (Phi) is 5.64. The first-order valence-electron chi connectivity index (χ1n) is 6.87. The molecule has 0 heterocycles. The molecule has 1 aliphatic rings. The van der Waals surface area contributed by atoms with Crippen molar-refractivity contribution in [1.29, 1.82) is 0 Å². The molecule has 0 bridgehead atoms.